The summed E-state index contributed by atoms with van der Waals surface area (Å²) in [7, 11) is 0. The fraction of sp³-hybridized carbons (Fsp3) is 0.368. The molecule has 110 valence electrons. The molecule has 0 bridgehead atoms. The van der Waals surface area contributed by atoms with E-state index in [9.17, 15) is 4.39 Å². The second kappa shape index (κ2) is 5.61. The second-order valence-electron chi connectivity index (χ2n) is 6.25. The molecule has 3 rings (SSSR count). The topological polar surface area (TPSA) is 26.0 Å². The Kier molecular flexibility index (Phi) is 3.81. The van der Waals surface area contributed by atoms with Gasteiger partial charge in [-0.25, -0.2) is 4.39 Å². The van der Waals surface area contributed by atoms with Crippen molar-refractivity contribution in [2.24, 2.45) is 11.7 Å². The van der Waals surface area contributed by atoms with Crippen LogP contribution in [-0.2, 0) is 12.8 Å². The van der Waals surface area contributed by atoms with Gasteiger partial charge < -0.3 is 5.73 Å². The zero-order valence-electron chi connectivity index (χ0n) is 12.7. The molecule has 2 aromatic rings. The number of fused-ring (bicyclic) bond motifs is 1. The third-order valence-electron chi connectivity index (χ3n) is 4.78. The number of nitrogens with two attached hydrogens (primary N) is 1. The van der Waals surface area contributed by atoms with E-state index in [0.29, 0.717) is 5.92 Å². The molecule has 0 saturated heterocycles. The minimum atomic E-state index is -0.171. The molecule has 2 atom stereocenters. The summed E-state index contributed by atoms with van der Waals surface area (Å²) in [6.07, 6.45) is 3.22. The number of benzene rings is 2. The van der Waals surface area contributed by atoms with Gasteiger partial charge in [-0.3, -0.25) is 0 Å². The van der Waals surface area contributed by atoms with Gasteiger partial charge in [-0.2, -0.15) is 0 Å². The lowest BCUT2D eigenvalue weighted by atomic mass is 9.77. The SMILES string of the molecule is Cc1cc(F)cc(C)c1C(N)C1CCc2ccccc2C1. The quantitative estimate of drug-likeness (QED) is 0.876. The molecular weight excluding hydrogens is 261 g/mol. The van der Waals surface area contributed by atoms with E-state index >= 15 is 0 Å². The first-order valence-electron chi connectivity index (χ1n) is 7.65. The van der Waals surface area contributed by atoms with E-state index in [1.807, 2.05) is 13.8 Å². The molecule has 1 nitrogen and oxygen atoms in total. The first-order chi connectivity index (χ1) is 10.1. The summed E-state index contributed by atoms with van der Waals surface area (Å²) >= 11 is 0. The summed E-state index contributed by atoms with van der Waals surface area (Å²) in [5.41, 5.74) is 12.5. The normalized spacial score (nSPS) is 19.1. The minimum Gasteiger partial charge on any atom is -0.324 e. The van der Waals surface area contributed by atoms with Crippen LogP contribution in [0.3, 0.4) is 0 Å². The molecule has 21 heavy (non-hydrogen) atoms. The van der Waals surface area contributed by atoms with Crippen molar-refractivity contribution in [1.82, 2.24) is 0 Å². The molecule has 0 aliphatic heterocycles. The van der Waals surface area contributed by atoms with Crippen molar-refractivity contribution in [3.05, 3.63) is 70.0 Å². The molecule has 0 amide bonds. The number of rotatable bonds is 2. The van der Waals surface area contributed by atoms with Crippen molar-refractivity contribution in [3.63, 3.8) is 0 Å². The Labute approximate surface area is 126 Å². The van der Waals surface area contributed by atoms with E-state index in [0.717, 1.165) is 36.0 Å². The van der Waals surface area contributed by atoms with Crippen molar-refractivity contribution < 1.29 is 4.39 Å². The van der Waals surface area contributed by atoms with Crippen molar-refractivity contribution >= 4 is 0 Å². The number of halogens is 1. The van der Waals surface area contributed by atoms with Crippen molar-refractivity contribution in [1.29, 1.82) is 0 Å². The molecule has 1 aliphatic carbocycles. The molecule has 2 N–H and O–H groups in total. The van der Waals surface area contributed by atoms with E-state index in [2.05, 4.69) is 24.3 Å². The maximum atomic E-state index is 13.5. The van der Waals surface area contributed by atoms with Crippen LogP contribution in [0.4, 0.5) is 4.39 Å². The molecule has 0 fully saturated rings. The largest absolute Gasteiger partial charge is 0.324 e. The van der Waals surface area contributed by atoms with Crippen LogP contribution in [0.1, 0.15) is 40.3 Å². The summed E-state index contributed by atoms with van der Waals surface area (Å²) in [6, 6.07) is 11.8. The maximum Gasteiger partial charge on any atom is 0.123 e. The molecule has 2 heteroatoms. The minimum absolute atomic E-state index is 0.0149. The molecule has 0 radical (unpaired) electrons. The van der Waals surface area contributed by atoms with E-state index in [1.165, 1.54) is 11.1 Å². The highest BCUT2D eigenvalue weighted by Gasteiger charge is 2.26. The van der Waals surface area contributed by atoms with E-state index in [1.54, 1.807) is 12.1 Å². The smallest absolute Gasteiger partial charge is 0.123 e. The molecule has 0 heterocycles. The first kappa shape index (κ1) is 14.3. The summed E-state index contributed by atoms with van der Waals surface area (Å²) < 4.78 is 13.5. The number of hydrogen-bond donors (Lipinski definition) is 1. The van der Waals surface area contributed by atoms with Crippen LogP contribution in [0, 0.1) is 25.6 Å². The highest BCUT2D eigenvalue weighted by atomic mass is 19.1. The Balaban J connectivity index is 1.89. The molecule has 1 aliphatic rings. The lowest BCUT2D eigenvalue weighted by molar-refractivity contribution is 0.380. The number of aryl methyl sites for hydroxylation is 3. The van der Waals surface area contributed by atoms with Crippen LogP contribution in [0.5, 0.6) is 0 Å². The Morgan fingerprint density at radius 2 is 1.71 bits per heavy atom. The van der Waals surface area contributed by atoms with Crippen molar-refractivity contribution in [3.8, 4) is 0 Å². The first-order valence-corrected chi connectivity index (χ1v) is 7.65. The third kappa shape index (κ3) is 2.73. The zero-order chi connectivity index (χ0) is 15.0. The van der Waals surface area contributed by atoms with Crippen molar-refractivity contribution in [2.75, 3.05) is 0 Å². The third-order valence-corrected chi connectivity index (χ3v) is 4.78. The van der Waals surface area contributed by atoms with Gasteiger partial charge in [-0.15, -0.1) is 0 Å². The second-order valence-corrected chi connectivity index (χ2v) is 6.25. The fourth-order valence-electron chi connectivity index (χ4n) is 3.72. The summed E-state index contributed by atoms with van der Waals surface area (Å²) in [4.78, 5) is 0. The Bertz CT molecular complexity index is 639. The zero-order valence-corrected chi connectivity index (χ0v) is 12.7. The average Bonchev–Trinajstić information content (AvgIpc) is 2.45. The van der Waals surface area contributed by atoms with Crippen LogP contribution in [0.2, 0.25) is 0 Å². The number of hydrogen-bond acceptors (Lipinski definition) is 1. The predicted octanol–water partition coefficient (Wildman–Crippen LogP) is 4.25. The van der Waals surface area contributed by atoms with Gasteiger partial charge in [0.1, 0.15) is 5.82 Å². The monoisotopic (exact) mass is 283 g/mol. The summed E-state index contributed by atoms with van der Waals surface area (Å²) in [6.45, 7) is 3.92. The van der Waals surface area contributed by atoms with Gasteiger partial charge in [0.15, 0.2) is 0 Å². The summed E-state index contributed by atoms with van der Waals surface area (Å²) in [5.74, 6) is 0.262. The van der Waals surface area contributed by atoms with Crippen LogP contribution in [0.15, 0.2) is 36.4 Å². The van der Waals surface area contributed by atoms with Crippen LogP contribution < -0.4 is 5.73 Å². The van der Waals surface area contributed by atoms with Crippen LogP contribution in [0.25, 0.3) is 0 Å². The molecule has 2 unspecified atom stereocenters. The maximum absolute atomic E-state index is 13.5. The molecule has 0 aromatic heterocycles. The Hall–Kier alpha value is -1.67. The predicted molar refractivity (Wildman–Crippen MR) is 84.8 cm³/mol. The van der Waals surface area contributed by atoms with Gasteiger partial charge >= 0.3 is 0 Å². The van der Waals surface area contributed by atoms with Gasteiger partial charge in [0.2, 0.25) is 0 Å². The van der Waals surface area contributed by atoms with Gasteiger partial charge in [0.05, 0.1) is 0 Å². The highest BCUT2D eigenvalue weighted by Crippen LogP contribution is 2.35. The molecule has 2 aromatic carbocycles. The van der Waals surface area contributed by atoms with Crippen molar-refractivity contribution in [2.45, 2.75) is 39.2 Å². The van der Waals surface area contributed by atoms with Crippen LogP contribution >= 0.6 is 0 Å². The van der Waals surface area contributed by atoms with Crippen LogP contribution in [-0.4, -0.2) is 0 Å². The van der Waals surface area contributed by atoms with Gasteiger partial charge in [0, 0.05) is 6.04 Å². The highest BCUT2D eigenvalue weighted by molar-refractivity contribution is 5.38. The van der Waals surface area contributed by atoms with E-state index < -0.39 is 0 Å². The lowest BCUT2D eigenvalue weighted by Gasteiger charge is -2.31. The van der Waals surface area contributed by atoms with Gasteiger partial charge in [0.25, 0.3) is 0 Å². The Morgan fingerprint density at radius 1 is 1.10 bits per heavy atom. The summed E-state index contributed by atoms with van der Waals surface area (Å²) in [5, 5.41) is 0. The van der Waals surface area contributed by atoms with Gasteiger partial charge in [-0.05, 0) is 79.0 Å². The fourth-order valence-corrected chi connectivity index (χ4v) is 3.72. The van der Waals surface area contributed by atoms with E-state index in [4.69, 9.17) is 5.73 Å². The molecular formula is C19H22FN. The van der Waals surface area contributed by atoms with Gasteiger partial charge in [-0.1, -0.05) is 24.3 Å². The average molecular weight is 283 g/mol. The molecule has 0 spiro atoms. The lowest BCUT2D eigenvalue weighted by Crippen LogP contribution is -2.28. The van der Waals surface area contributed by atoms with E-state index in [-0.39, 0.29) is 11.9 Å². The Morgan fingerprint density at radius 3 is 2.38 bits per heavy atom. The standard InChI is InChI=1S/C19H22FN/c1-12-9-17(20)10-13(2)18(12)19(21)16-8-7-14-5-3-4-6-15(14)11-16/h3-6,9-10,16,19H,7-8,11,21H2,1-2H3. The molecule has 0 saturated carbocycles.